The molecule has 1 fully saturated rings. The molecule has 0 bridgehead atoms. The highest BCUT2D eigenvalue weighted by atomic mass is 16.5. The predicted molar refractivity (Wildman–Crippen MR) is 120 cm³/mol. The summed E-state index contributed by atoms with van der Waals surface area (Å²) >= 11 is 0. The van der Waals surface area contributed by atoms with Crippen LogP contribution in [0.2, 0.25) is 0 Å². The van der Waals surface area contributed by atoms with Gasteiger partial charge in [-0.25, -0.2) is 0 Å². The zero-order valence-electron chi connectivity index (χ0n) is 18.0. The van der Waals surface area contributed by atoms with E-state index in [2.05, 4.69) is 23.1 Å². The van der Waals surface area contributed by atoms with E-state index < -0.39 is 0 Å². The van der Waals surface area contributed by atoms with Crippen molar-refractivity contribution in [3.63, 3.8) is 0 Å². The van der Waals surface area contributed by atoms with Crippen molar-refractivity contribution in [2.45, 2.75) is 26.1 Å². The van der Waals surface area contributed by atoms with Crippen LogP contribution in [-0.2, 0) is 16.1 Å². The van der Waals surface area contributed by atoms with Crippen molar-refractivity contribution in [3.8, 4) is 11.8 Å². The fraction of sp³-hybridized carbons (Fsp3) is 0.360. The minimum atomic E-state index is 0.230. The summed E-state index contributed by atoms with van der Waals surface area (Å²) < 4.78 is 17.0. The molecule has 0 aliphatic carbocycles. The molecule has 0 saturated carbocycles. The third kappa shape index (κ3) is 5.13. The average molecular weight is 418 g/mol. The molecule has 0 unspecified atom stereocenters. The molecule has 4 rings (SSSR count). The fourth-order valence-corrected chi connectivity index (χ4v) is 3.89. The Hall–Kier alpha value is -3.14. The summed E-state index contributed by atoms with van der Waals surface area (Å²) in [6.45, 7) is 5.56. The van der Waals surface area contributed by atoms with Gasteiger partial charge in [0.25, 0.3) is 0 Å². The number of pyridine rings is 1. The molecule has 1 aliphatic heterocycles. The van der Waals surface area contributed by atoms with Crippen molar-refractivity contribution in [1.29, 1.82) is 5.26 Å². The Kier molecular flexibility index (Phi) is 6.66. The van der Waals surface area contributed by atoms with Crippen molar-refractivity contribution in [2.75, 3.05) is 38.3 Å². The number of aryl methyl sites for hydroxylation is 1. The summed E-state index contributed by atoms with van der Waals surface area (Å²) in [6, 6.07) is 17.8. The van der Waals surface area contributed by atoms with Crippen LogP contribution in [0.5, 0.6) is 5.75 Å². The summed E-state index contributed by atoms with van der Waals surface area (Å²) in [5.41, 5.74) is 4.77. The summed E-state index contributed by atoms with van der Waals surface area (Å²) in [5, 5.41) is 10.0. The SMILES string of the molecule is COCCO[C@H]1CCN(c2cc(C)nc3cc(OCc4ccc(C#N)cc4)ccc23)C1. The number of benzene rings is 2. The Morgan fingerprint density at radius 2 is 1.97 bits per heavy atom. The molecule has 0 spiro atoms. The second kappa shape index (κ2) is 9.78. The lowest BCUT2D eigenvalue weighted by molar-refractivity contribution is 0.0280. The highest BCUT2D eigenvalue weighted by Gasteiger charge is 2.25. The molecule has 0 N–H and O–H groups in total. The first-order valence-corrected chi connectivity index (χ1v) is 10.5. The molecule has 160 valence electrons. The maximum absolute atomic E-state index is 8.92. The number of nitrogens with zero attached hydrogens (tertiary/aromatic N) is 3. The van der Waals surface area contributed by atoms with Crippen molar-refractivity contribution in [2.24, 2.45) is 0 Å². The lowest BCUT2D eigenvalue weighted by atomic mass is 10.1. The Morgan fingerprint density at radius 1 is 1.13 bits per heavy atom. The van der Waals surface area contributed by atoms with Crippen LogP contribution < -0.4 is 9.64 Å². The van der Waals surface area contributed by atoms with Gasteiger partial charge in [-0.1, -0.05) is 12.1 Å². The largest absolute Gasteiger partial charge is 0.489 e. The number of anilines is 1. The third-order valence-corrected chi connectivity index (χ3v) is 5.50. The van der Waals surface area contributed by atoms with Gasteiger partial charge in [-0.15, -0.1) is 0 Å². The minimum Gasteiger partial charge on any atom is -0.489 e. The van der Waals surface area contributed by atoms with Gasteiger partial charge in [0, 0.05) is 43.0 Å². The summed E-state index contributed by atoms with van der Waals surface area (Å²) in [4.78, 5) is 7.12. The summed E-state index contributed by atoms with van der Waals surface area (Å²) in [7, 11) is 1.69. The molecule has 2 aromatic carbocycles. The third-order valence-electron chi connectivity index (χ3n) is 5.50. The number of methoxy groups -OCH3 is 1. The van der Waals surface area contributed by atoms with Gasteiger partial charge in [-0.05, 0) is 49.2 Å². The van der Waals surface area contributed by atoms with E-state index in [0.717, 1.165) is 47.4 Å². The monoisotopic (exact) mass is 417 g/mol. The molecule has 31 heavy (non-hydrogen) atoms. The molecule has 6 heteroatoms. The van der Waals surface area contributed by atoms with E-state index in [4.69, 9.17) is 24.5 Å². The zero-order valence-corrected chi connectivity index (χ0v) is 18.0. The predicted octanol–water partition coefficient (Wildman–Crippen LogP) is 4.24. The molecule has 2 heterocycles. The number of ether oxygens (including phenoxy) is 3. The Bertz CT molecular complexity index is 1080. The second-order valence-corrected chi connectivity index (χ2v) is 7.78. The molecular formula is C25H27N3O3. The second-order valence-electron chi connectivity index (χ2n) is 7.78. The van der Waals surface area contributed by atoms with E-state index in [-0.39, 0.29) is 6.10 Å². The van der Waals surface area contributed by atoms with E-state index in [0.29, 0.717) is 25.4 Å². The van der Waals surface area contributed by atoms with Gasteiger partial charge in [0.1, 0.15) is 12.4 Å². The van der Waals surface area contributed by atoms with Crippen LogP contribution in [0.4, 0.5) is 5.69 Å². The van der Waals surface area contributed by atoms with Crippen molar-refractivity contribution < 1.29 is 14.2 Å². The summed E-state index contributed by atoms with van der Waals surface area (Å²) in [5.74, 6) is 0.781. The lowest BCUT2D eigenvalue weighted by Crippen LogP contribution is -2.24. The lowest BCUT2D eigenvalue weighted by Gasteiger charge is -2.21. The summed E-state index contributed by atoms with van der Waals surface area (Å²) in [6.07, 6.45) is 1.24. The Labute approximate surface area is 183 Å². The van der Waals surface area contributed by atoms with Crippen LogP contribution in [0, 0.1) is 18.3 Å². The van der Waals surface area contributed by atoms with Gasteiger partial charge < -0.3 is 19.1 Å². The van der Waals surface area contributed by atoms with Crippen molar-refractivity contribution >= 4 is 16.6 Å². The first-order valence-electron chi connectivity index (χ1n) is 10.5. The van der Waals surface area contributed by atoms with Crippen molar-refractivity contribution in [3.05, 3.63) is 65.4 Å². The van der Waals surface area contributed by atoms with Gasteiger partial charge in [0.15, 0.2) is 0 Å². The maximum Gasteiger partial charge on any atom is 0.122 e. The number of fused-ring (bicyclic) bond motifs is 1. The molecule has 0 radical (unpaired) electrons. The standard InChI is InChI=1S/C25H27N3O3/c1-18-13-25(28-10-9-22(16-28)30-12-11-29-2)23-8-7-21(14-24(23)27-18)31-17-20-5-3-19(15-26)4-6-20/h3-8,13-14,22H,9-12,16-17H2,1-2H3/t22-/m0/s1. The van der Waals surface area contributed by atoms with Crippen LogP contribution in [0.1, 0.15) is 23.2 Å². The van der Waals surface area contributed by atoms with Crippen LogP contribution in [-0.4, -0.2) is 44.5 Å². The number of nitriles is 1. The molecule has 1 aliphatic rings. The Balaban J connectivity index is 1.48. The highest BCUT2D eigenvalue weighted by molar-refractivity contribution is 5.93. The number of aromatic nitrogens is 1. The van der Waals surface area contributed by atoms with Gasteiger partial charge >= 0.3 is 0 Å². The van der Waals surface area contributed by atoms with E-state index in [1.807, 2.05) is 31.2 Å². The first-order chi connectivity index (χ1) is 15.2. The smallest absolute Gasteiger partial charge is 0.122 e. The molecule has 1 atom stereocenters. The highest BCUT2D eigenvalue weighted by Crippen LogP contribution is 2.32. The number of hydrogen-bond acceptors (Lipinski definition) is 6. The Morgan fingerprint density at radius 3 is 2.74 bits per heavy atom. The van der Waals surface area contributed by atoms with Crippen LogP contribution in [0.3, 0.4) is 0 Å². The van der Waals surface area contributed by atoms with Gasteiger partial charge in [0.05, 0.1) is 36.5 Å². The normalized spacial score (nSPS) is 15.9. The van der Waals surface area contributed by atoms with E-state index >= 15 is 0 Å². The van der Waals surface area contributed by atoms with Gasteiger partial charge in [-0.3, -0.25) is 4.98 Å². The first kappa shape index (κ1) is 21.1. The van der Waals surface area contributed by atoms with E-state index in [1.165, 1.54) is 5.69 Å². The number of rotatable bonds is 8. The van der Waals surface area contributed by atoms with Crippen molar-refractivity contribution in [1.82, 2.24) is 4.98 Å². The van der Waals surface area contributed by atoms with E-state index in [9.17, 15) is 0 Å². The fourth-order valence-electron chi connectivity index (χ4n) is 3.89. The molecule has 6 nitrogen and oxygen atoms in total. The van der Waals surface area contributed by atoms with E-state index in [1.54, 1.807) is 19.2 Å². The van der Waals surface area contributed by atoms with Crippen LogP contribution in [0.15, 0.2) is 48.5 Å². The number of hydrogen-bond donors (Lipinski definition) is 0. The van der Waals surface area contributed by atoms with Gasteiger partial charge in [0.2, 0.25) is 0 Å². The minimum absolute atomic E-state index is 0.230. The average Bonchev–Trinajstić information content (AvgIpc) is 3.26. The van der Waals surface area contributed by atoms with Crippen LogP contribution in [0.25, 0.3) is 10.9 Å². The zero-order chi connectivity index (χ0) is 21.6. The molecule has 1 saturated heterocycles. The molecule has 0 amide bonds. The molecule has 3 aromatic rings. The molecular weight excluding hydrogens is 390 g/mol. The molecule has 1 aromatic heterocycles. The van der Waals surface area contributed by atoms with Crippen LogP contribution >= 0.6 is 0 Å². The maximum atomic E-state index is 8.92. The quantitative estimate of drug-likeness (QED) is 0.511. The topological polar surface area (TPSA) is 67.6 Å². The van der Waals surface area contributed by atoms with Gasteiger partial charge in [-0.2, -0.15) is 5.26 Å².